The van der Waals surface area contributed by atoms with Crippen LogP contribution >= 0.6 is 0 Å². The van der Waals surface area contributed by atoms with Crippen molar-refractivity contribution in [2.24, 2.45) is 5.73 Å². The Morgan fingerprint density at radius 1 is 0.388 bits per heavy atom. The molecule has 0 amide bonds. The van der Waals surface area contributed by atoms with E-state index in [9.17, 15) is 0 Å². The molecule has 0 fully saturated rings. The third kappa shape index (κ3) is 4.89. The van der Waals surface area contributed by atoms with Crippen molar-refractivity contribution in [2.75, 3.05) is 0 Å². The number of fused-ring (bicyclic) bond motifs is 5. The fraction of sp³-hybridized carbons (Fsp3) is 0.0833. The van der Waals surface area contributed by atoms with Crippen LogP contribution in [-0.4, -0.2) is 0 Å². The summed E-state index contributed by atoms with van der Waals surface area (Å²) in [5.74, 6) is 0. The SMILES string of the molecule is CC1(C)c2ccccc2-c2ccc(-c3ccc(-c4ccc5c(-c6cccc7cc(-c8ccc(CN)cc8)ccc67)cccc5c4)cc3)cc21. The summed E-state index contributed by atoms with van der Waals surface area (Å²) in [6.07, 6.45) is 0. The van der Waals surface area contributed by atoms with Crippen molar-refractivity contribution >= 4 is 21.5 Å². The lowest BCUT2D eigenvalue weighted by Gasteiger charge is -2.22. The number of hydrogen-bond donors (Lipinski definition) is 1. The molecule has 0 saturated heterocycles. The van der Waals surface area contributed by atoms with Gasteiger partial charge in [0.05, 0.1) is 0 Å². The predicted octanol–water partition coefficient (Wildman–Crippen LogP) is 12.4. The van der Waals surface area contributed by atoms with E-state index in [2.05, 4.69) is 178 Å². The Morgan fingerprint density at radius 3 is 1.41 bits per heavy atom. The third-order valence-electron chi connectivity index (χ3n) is 10.7. The van der Waals surface area contributed by atoms with Crippen LogP contribution < -0.4 is 5.73 Å². The average Bonchev–Trinajstić information content (AvgIpc) is 3.39. The van der Waals surface area contributed by atoms with Gasteiger partial charge in [-0.15, -0.1) is 0 Å². The smallest absolute Gasteiger partial charge is 0.0178 e. The standard InChI is InChI=1S/C48H37N/c1-48(2)46-12-4-3-9-44(46)45-26-23-37(29-47(45)48)34-19-17-33(18-20-34)36-22-25-41-39(28-36)8-6-11-43(41)42-10-5-7-38-27-35(21-24-40(38)42)32-15-13-31(30-49)14-16-32/h3-29H,30,49H2,1-2H3. The Kier molecular flexibility index (Phi) is 6.86. The molecule has 8 aromatic rings. The number of hydrogen-bond acceptors (Lipinski definition) is 1. The second-order valence-electron chi connectivity index (χ2n) is 13.9. The van der Waals surface area contributed by atoms with E-state index in [1.165, 1.54) is 88.3 Å². The fourth-order valence-electron chi connectivity index (χ4n) is 7.97. The first kappa shape index (κ1) is 29.4. The summed E-state index contributed by atoms with van der Waals surface area (Å²) in [7, 11) is 0. The highest BCUT2D eigenvalue weighted by atomic mass is 14.5. The van der Waals surface area contributed by atoms with E-state index in [1.807, 2.05) is 0 Å². The number of rotatable bonds is 5. The molecule has 1 aliphatic carbocycles. The van der Waals surface area contributed by atoms with Gasteiger partial charge in [-0.3, -0.25) is 0 Å². The normalized spacial score (nSPS) is 13.0. The molecular weight excluding hydrogens is 591 g/mol. The number of nitrogens with two attached hydrogens (primary N) is 1. The third-order valence-corrected chi connectivity index (χ3v) is 10.7. The summed E-state index contributed by atoms with van der Waals surface area (Å²) in [6.45, 7) is 5.25. The number of benzene rings is 8. The van der Waals surface area contributed by atoms with Gasteiger partial charge in [-0.05, 0) is 112 Å². The molecule has 8 aromatic carbocycles. The first-order valence-electron chi connectivity index (χ1n) is 17.2. The summed E-state index contributed by atoms with van der Waals surface area (Å²) >= 11 is 0. The van der Waals surface area contributed by atoms with Gasteiger partial charge in [0.15, 0.2) is 0 Å². The van der Waals surface area contributed by atoms with Crippen LogP contribution in [0.3, 0.4) is 0 Å². The molecule has 0 aromatic heterocycles. The van der Waals surface area contributed by atoms with Gasteiger partial charge in [0, 0.05) is 12.0 Å². The van der Waals surface area contributed by atoms with Gasteiger partial charge in [-0.2, -0.15) is 0 Å². The molecule has 0 bridgehead atoms. The molecule has 0 atom stereocenters. The first-order valence-corrected chi connectivity index (χ1v) is 17.2. The van der Waals surface area contributed by atoms with Gasteiger partial charge < -0.3 is 5.73 Å². The van der Waals surface area contributed by atoms with Gasteiger partial charge in [0.2, 0.25) is 0 Å². The van der Waals surface area contributed by atoms with Crippen molar-refractivity contribution in [3.63, 3.8) is 0 Å². The maximum atomic E-state index is 5.82. The Balaban J connectivity index is 1.03. The summed E-state index contributed by atoms with van der Waals surface area (Å²) in [6, 6.07) is 60.4. The van der Waals surface area contributed by atoms with E-state index in [4.69, 9.17) is 5.73 Å². The minimum Gasteiger partial charge on any atom is -0.326 e. The van der Waals surface area contributed by atoms with Gasteiger partial charge in [-0.25, -0.2) is 0 Å². The van der Waals surface area contributed by atoms with Gasteiger partial charge >= 0.3 is 0 Å². The lowest BCUT2D eigenvalue weighted by Crippen LogP contribution is -2.14. The van der Waals surface area contributed by atoms with E-state index in [0.29, 0.717) is 6.54 Å². The molecular formula is C48H37N. The molecule has 2 N–H and O–H groups in total. The lowest BCUT2D eigenvalue weighted by molar-refractivity contribution is 0.660. The molecule has 0 heterocycles. The van der Waals surface area contributed by atoms with Crippen LogP contribution in [0.2, 0.25) is 0 Å². The van der Waals surface area contributed by atoms with E-state index < -0.39 is 0 Å². The topological polar surface area (TPSA) is 26.0 Å². The average molecular weight is 628 g/mol. The van der Waals surface area contributed by atoms with Gasteiger partial charge in [0.1, 0.15) is 0 Å². The van der Waals surface area contributed by atoms with Crippen LogP contribution in [0.1, 0.15) is 30.5 Å². The Hall–Kier alpha value is -5.76. The van der Waals surface area contributed by atoms with E-state index in [0.717, 1.165) is 5.56 Å². The Morgan fingerprint density at radius 2 is 0.837 bits per heavy atom. The zero-order chi connectivity index (χ0) is 33.1. The second-order valence-corrected chi connectivity index (χ2v) is 13.9. The molecule has 1 nitrogen and oxygen atoms in total. The van der Waals surface area contributed by atoms with Crippen molar-refractivity contribution in [3.05, 3.63) is 180 Å². The lowest BCUT2D eigenvalue weighted by atomic mass is 9.81. The van der Waals surface area contributed by atoms with Crippen molar-refractivity contribution < 1.29 is 0 Å². The van der Waals surface area contributed by atoms with Crippen molar-refractivity contribution in [1.29, 1.82) is 0 Å². The summed E-state index contributed by atoms with van der Waals surface area (Å²) < 4.78 is 0. The molecule has 0 aliphatic heterocycles. The zero-order valence-electron chi connectivity index (χ0n) is 27.9. The van der Waals surface area contributed by atoms with Crippen molar-refractivity contribution in [1.82, 2.24) is 0 Å². The maximum absolute atomic E-state index is 5.82. The summed E-state index contributed by atoms with van der Waals surface area (Å²) in [5.41, 5.74) is 22.4. The van der Waals surface area contributed by atoms with Gasteiger partial charge in [-0.1, -0.05) is 159 Å². The monoisotopic (exact) mass is 627 g/mol. The summed E-state index contributed by atoms with van der Waals surface area (Å²) in [5, 5.41) is 5.01. The quantitative estimate of drug-likeness (QED) is 0.202. The Labute approximate surface area is 288 Å². The highest BCUT2D eigenvalue weighted by Crippen LogP contribution is 2.49. The van der Waals surface area contributed by atoms with Crippen molar-refractivity contribution in [2.45, 2.75) is 25.8 Å². The molecule has 1 aliphatic rings. The highest BCUT2D eigenvalue weighted by Gasteiger charge is 2.35. The van der Waals surface area contributed by atoms with E-state index >= 15 is 0 Å². The minimum absolute atomic E-state index is 0.00162. The largest absolute Gasteiger partial charge is 0.326 e. The molecule has 0 saturated carbocycles. The molecule has 49 heavy (non-hydrogen) atoms. The van der Waals surface area contributed by atoms with Crippen LogP contribution in [0.4, 0.5) is 0 Å². The highest BCUT2D eigenvalue weighted by molar-refractivity contribution is 6.07. The van der Waals surface area contributed by atoms with Crippen LogP contribution in [0, 0.1) is 0 Å². The van der Waals surface area contributed by atoms with Crippen LogP contribution in [-0.2, 0) is 12.0 Å². The molecule has 0 unspecified atom stereocenters. The zero-order valence-corrected chi connectivity index (χ0v) is 27.9. The Bertz CT molecular complexity index is 2530. The molecule has 0 spiro atoms. The second kappa shape index (κ2) is 11.4. The first-order chi connectivity index (χ1) is 24.0. The maximum Gasteiger partial charge on any atom is 0.0178 e. The molecule has 0 radical (unpaired) electrons. The molecule has 1 heteroatoms. The minimum atomic E-state index is -0.00162. The van der Waals surface area contributed by atoms with Crippen LogP contribution in [0.5, 0.6) is 0 Å². The summed E-state index contributed by atoms with van der Waals surface area (Å²) in [4.78, 5) is 0. The molecule has 234 valence electrons. The van der Waals surface area contributed by atoms with E-state index in [1.54, 1.807) is 0 Å². The van der Waals surface area contributed by atoms with Crippen LogP contribution in [0.25, 0.3) is 77.2 Å². The van der Waals surface area contributed by atoms with Gasteiger partial charge in [0.25, 0.3) is 0 Å². The van der Waals surface area contributed by atoms with Crippen molar-refractivity contribution in [3.8, 4) is 55.6 Å². The predicted molar refractivity (Wildman–Crippen MR) is 209 cm³/mol. The molecule has 9 rings (SSSR count). The fourth-order valence-corrected chi connectivity index (χ4v) is 7.97. The van der Waals surface area contributed by atoms with Crippen LogP contribution in [0.15, 0.2) is 164 Å². The van der Waals surface area contributed by atoms with E-state index in [-0.39, 0.29) is 5.41 Å².